The molecule has 1 aliphatic heterocycles. The van der Waals surface area contributed by atoms with E-state index in [4.69, 9.17) is 31.4 Å². The minimum absolute atomic E-state index is 0.0780. The van der Waals surface area contributed by atoms with Crippen molar-refractivity contribution in [3.63, 3.8) is 0 Å². The van der Waals surface area contributed by atoms with Gasteiger partial charge in [0.2, 0.25) is 10.0 Å². The number of benzene rings is 2. The number of nitro groups is 1. The number of nitro benzene ring substituents is 1. The van der Waals surface area contributed by atoms with Crippen molar-refractivity contribution >= 4 is 39.3 Å². The van der Waals surface area contributed by atoms with E-state index in [0.717, 1.165) is 12.1 Å². The van der Waals surface area contributed by atoms with E-state index in [1.807, 2.05) is 24.3 Å². The predicted molar refractivity (Wildman–Crippen MR) is 114 cm³/mol. The fourth-order valence-corrected chi connectivity index (χ4v) is 4.41. The smallest absolute Gasteiger partial charge is 0.414 e. The van der Waals surface area contributed by atoms with Gasteiger partial charge < -0.3 is 10.2 Å². The fraction of sp³-hybridized carbons (Fsp3) is 0.263. The first kappa shape index (κ1) is 25.2. The molecule has 0 unspecified atom stereocenters. The molecule has 172 valence electrons. The molecule has 2 aromatic rings. The molecular formula is C19H20ClN3O8S. The van der Waals surface area contributed by atoms with Crippen molar-refractivity contribution in [1.29, 1.82) is 0 Å². The maximum atomic E-state index is 12.7. The van der Waals surface area contributed by atoms with Gasteiger partial charge in [-0.1, -0.05) is 23.7 Å². The number of nitrogens with zero attached hydrogens (tertiary/aromatic N) is 3. The molecule has 0 aromatic heterocycles. The number of aliphatic carboxylic acids is 2. The molecule has 0 aliphatic carbocycles. The van der Waals surface area contributed by atoms with Crippen molar-refractivity contribution in [1.82, 2.24) is 9.21 Å². The topological polar surface area (TPSA) is 158 Å². The molecule has 0 bridgehead atoms. The van der Waals surface area contributed by atoms with Gasteiger partial charge in [-0.25, -0.2) is 18.0 Å². The van der Waals surface area contributed by atoms with Crippen molar-refractivity contribution in [2.24, 2.45) is 0 Å². The van der Waals surface area contributed by atoms with Crippen LogP contribution in [0.3, 0.4) is 0 Å². The van der Waals surface area contributed by atoms with E-state index in [1.54, 1.807) is 0 Å². The molecule has 32 heavy (non-hydrogen) atoms. The van der Waals surface area contributed by atoms with Gasteiger partial charge in [-0.15, -0.1) is 0 Å². The standard InChI is InChI=1S/C17H18ClN3O4S.C2H2O4/c18-15-3-1-14(2-4-15)13-19-9-11-20(12-10-19)26(24,25)17-7-5-16(6-8-17)21(22)23;3-1(4)2(5)6/h1-8H,9-13H2;(H,3,4)(H,5,6). The minimum atomic E-state index is -3.64. The highest BCUT2D eigenvalue weighted by molar-refractivity contribution is 7.89. The summed E-state index contributed by atoms with van der Waals surface area (Å²) in [5.74, 6) is -3.65. The van der Waals surface area contributed by atoms with E-state index in [2.05, 4.69) is 4.90 Å². The van der Waals surface area contributed by atoms with E-state index < -0.39 is 26.9 Å². The highest BCUT2D eigenvalue weighted by atomic mass is 35.5. The lowest BCUT2D eigenvalue weighted by Gasteiger charge is -2.34. The van der Waals surface area contributed by atoms with Gasteiger partial charge >= 0.3 is 11.9 Å². The molecule has 1 heterocycles. The summed E-state index contributed by atoms with van der Waals surface area (Å²) in [6, 6.07) is 12.6. The Morgan fingerprint density at radius 1 is 0.938 bits per heavy atom. The van der Waals surface area contributed by atoms with Crippen LogP contribution in [0.5, 0.6) is 0 Å². The third-order valence-electron chi connectivity index (χ3n) is 4.52. The number of halogens is 1. The third-order valence-corrected chi connectivity index (χ3v) is 6.68. The highest BCUT2D eigenvalue weighted by Crippen LogP contribution is 2.21. The number of piperazine rings is 1. The van der Waals surface area contributed by atoms with Crippen LogP contribution in [0, 0.1) is 10.1 Å². The van der Waals surface area contributed by atoms with Crippen LogP contribution in [0.4, 0.5) is 5.69 Å². The Balaban J connectivity index is 0.000000534. The highest BCUT2D eigenvalue weighted by Gasteiger charge is 2.28. The Kier molecular flexibility index (Phi) is 8.66. The van der Waals surface area contributed by atoms with Crippen molar-refractivity contribution in [3.05, 3.63) is 69.2 Å². The second-order valence-corrected chi connectivity index (χ2v) is 9.04. The molecular weight excluding hydrogens is 466 g/mol. The summed E-state index contributed by atoms with van der Waals surface area (Å²) in [5.41, 5.74) is 0.998. The zero-order valence-corrected chi connectivity index (χ0v) is 18.2. The molecule has 1 saturated heterocycles. The van der Waals surface area contributed by atoms with Gasteiger partial charge in [0.05, 0.1) is 9.82 Å². The number of hydrogen-bond donors (Lipinski definition) is 2. The normalized spacial score (nSPS) is 14.8. The van der Waals surface area contributed by atoms with Gasteiger partial charge in [-0.05, 0) is 29.8 Å². The van der Waals surface area contributed by atoms with Crippen LogP contribution < -0.4 is 0 Å². The van der Waals surface area contributed by atoms with Crippen molar-refractivity contribution in [2.45, 2.75) is 11.4 Å². The maximum Gasteiger partial charge on any atom is 0.414 e. The number of hydrogen-bond acceptors (Lipinski definition) is 7. The van der Waals surface area contributed by atoms with E-state index in [1.165, 1.54) is 28.6 Å². The lowest BCUT2D eigenvalue weighted by Crippen LogP contribution is -2.48. The first-order valence-electron chi connectivity index (χ1n) is 9.18. The van der Waals surface area contributed by atoms with Crippen molar-refractivity contribution < 1.29 is 33.1 Å². The summed E-state index contributed by atoms with van der Waals surface area (Å²) < 4.78 is 26.8. The molecule has 2 N–H and O–H groups in total. The van der Waals surface area contributed by atoms with E-state index >= 15 is 0 Å². The quantitative estimate of drug-likeness (QED) is 0.366. The molecule has 11 nitrogen and oxygen atoms in total. The lowest BCUT2D eigenvalue weighted by molar-refractivity contribution is -0.384. The Bertz CT molecular complexity index is 1050. The largest absolute Gasteiger partial charge is 0.473 e. The average molecular weight is 486 g/mol. The van der Waals surface area contributed by atoms with Gasteiger partial charge in [0.15, 0.2) is 0 Å². The van der Waals surface area contributed by atoms with Crippen LogP contribution in [0.2, 0.25) is 5.02 Å². The van der Waals surface area contributed by atoms with Gasteiger partial charge in [-0.2, -0.15) is 4.31 Å². The first-order valence-corrected chi connectivity index (χ1v) is 11.0. The molecule has 2 aromatic carbocycles. The molecule has 3 rings (SSSR count). The van der Waals surface area contributed by atoms with Crippen molar-refractivity contribution in [2.75, 3.05) is 26.2 Å². The van der Waals surface area contributed by atoms with Crippen molar-refractivity contribution in [3.8, 4) is 0 Å². The van der Waals surface area contributed by atoms with Crippen LogP contribution in [-0.2, 0) is 26.2 Å². The Labute approximate surface area is 188 Å². The molecule has 1 aliphatic rings. The van der Waals surface area contributed by atoms with Crippen LogP contribution in [0.25, 0.3) is 0 Å². The summed E-state index contributed by atoms with van der Waals surface area (Å²) in [7, 11) is -3.64. The minimum Gasteiger partial charge on any atom is -0.473 e. The van der Waals surface area contributed by atoms with Crippen LogP contribution in [-0.4, -0.2) is 70.9 Å². The fourth-order valence-electron chi connectivity index (χ4n) is 2.86. The SMILES string of the molecule is O=C(O)C(=O)O.O=[N+]([O-])c1ccc(S(=O)(=O)N2CCN(Cc3ccc(Cl)cc3)CC2)cc1. The van der Waals surface area contributed by atoms with Crippen LogP contribution in [0.1, 0.15) is 5.56 Å². The third kappa shape index (κ3) is 6.99. The van der Waals surface area contributed by atoms with Crippen LogP contribution in [0.15, 0.2) is 53.4 Å². The molecule has 0 amide bonds. The first-order chi connectivity index (χ1) is 15.0. The zero-order valence-electron chi connectivity index (χ0n) is 16.6. The van der Waals surface area contributed by atoms with Gasteiger partial charge in [-0.3, -0.25) is 15.0 Å². The number of sulfonamides is 1. The summed E-state index contributed by atoms with van der Waals surface area (Å²) >= 11 is 5.88. The van der Waals surface area contributed by atoms with Gasteiger partial charge in [0, 0.05) is 49.9 Å². The summed E-state index contributed by atoms with van der Waals surface area (Å²) in [6.07, 6.45) is 0. The average Bonchev–Trinajstić information content (AvgIpc) is 2.76. The maximum absolute atomic E-state index is 12.7. The number of carboxylic acids is 2. The molecule has 13 heteroatoms. The van der Waals surface area contributed by atoms with E-state index in [9.17, 15) is 18.5 Å². The summed E-state index contributed by atoms with van der Waals surface area (Å²) in [4.78, 5) is 30.6. The van der Waals surface area contributed by atoms with Gasteiger partial charge in [0.25, 0.3) is 5.69 Å². The summed E-state index contributed by atoms with van der Waals surface area (Å²) in [6.45, 7) is 2.74. The van der Waals surface area contributed by atoms with E-state index in [-0.39, 0.29) is 10.6 Å². The Morgan fingerprint density at radius 3 is 1.88 bits per heavy atom. The number of carbonyl (C=O) groups is 2. The zero-order chi connectivity index (χ0) is 23.9. The predicted octanol–water partition coefficient (Wildman–Crippen LogP) is 1.91. The Hall–Kier alpha value is -3.06. The Morgan fingerprint density at radius 2 is 1.44 bits per heavy atom. The molecule has 0 radical (unpaired) electrons. The number of carboxylic acid groups (broad SMARTS) is 2. The summed E-state index contributed by atoms with van der Waals surface area (Å²) in [5, 5.41) is 26.2. The second-order valence-electron chi connectivity index (χ2n) is 6.67. The molecule has 0 atom stereocenters. The second kappa shape index (κ2) is 11.0. The molecule has 0 spiro atoms. The van der Waals surface area contributed by atoms with Crippen LogP contribution >= 0.6 is 11.6 Å². The van der Waals surface area contributed by atoms with Gasteiger partial charge in [0.1, 0.15) is 0 Å². The molecule has 0 saturated carbocycles. The number of rotatable bonds is 5. The monoisotopic (exact) mass is 485 g/mol. The van der Waals surface area contributed by atoms with E-state index in [0.29, 0.717) is 31.2 Å². The molecule has 1 fully saturated rings. The number of non-ortho nitro benzene ring substituents is 1. The lowest BCUT2D eigenvalue weighted by atomic mass is 10.2.